The molecule has 0 N–H and O–H groups in total. The molecule has 0 radical (unpaired) electrons. The first-order chi connectivity index (χ1) is 14.1. The highest BCUT2D eigenvalue weighted by Gasteiger charge is 2.23. The Balaban J connectivity index is 1.53. The Morgan fingerprint density at radius 2 is 1.69 bits per heavy atom. The Bertz CT molecular complexity index is 1010. The Morgan fingerprint density at radius 3 is 2.41 bits per heavy atom. The smallest absolute Gasteiger partial charge is 0.292 e. The first-order valence-corrected chi connectivity index (χ1v) is 10.4. The molecule has 1 saturated heterocycles. The number of hydrogen-bond donors (Lipinski definition) is 0. The molecule has 1 aliphatic rings. The van der Waals surface area contributed by atoms with Crippen LogP contribution in [0, 0.1) is 0 Å². The van der Waals surface area contributed by atoms with Crippen molar-refractivity contribution in [1.29, 1.82) is 0 Å². The third-order valence-corrected chi connectivity index (χ3v) is 5.92. The van der Waals surface area contributed by atoms with Gasteiger partial charge < -0.3 is 4.90 Å². The minimum absolute atomic E-state index is 0.230. The van der Waals surface area contributed by atoms with Crippen LogP contribution in [-0.4, -0.2) is 40.4 Å². The van der Waals surface area contributed by atoms with Crippen molar-refractivity contribution in [2.45, 2.75) is 25.9 Å². The molecular weight excluding hydrogens is 384 g/mol. The molecule has 2 heterocycles. The Hall–Kier alpha value is -2.63. The van der Waals surface area contributed by atoms with Crippen LogP contribution in [0.3, 0.4) is 0 Å². The van der Waals surface area contributed by atoms with Gasteiger partial charge in [-0.3, -0.25) is 9.69 Å². The molecule has 150 valence electrons. The summed E-state index contributed by atoms with van der Waals surface area (Å²) in [5.74, 6) is 0. The summed E-state index contributed by atoms with van der Waals surface area (Å²) in [6.07, 6.45) is 2.72. The molecular formula is C23H25ClN4O. The monoisotopic (exact) mass is 408 g/mol. The van der Waals surface area contributed by atoms with Crippen LogP contribution in [0.5, 0.6) is 0 Å². The van der Waals surface area contributed by atoms with Crippen molar-refractivity contribution in [3.8, 4) is 5.69 Å². The average Bonchev–Trinajstić information content (AvgIpc) is 2.93. The minimum Gasteiger partial charge on any atom is -0.368 e. The molecule has 0 amide bonds. The molecule has 0 spiro atoms. The quantitative estimate of drug-likeness (QED) is 0.654. The standard InChI is InChI=1S/C23H25ClN4O/c1-18-12-13-26(14-15-27(18)17-19-8-4-2-5-9-19)21-16-25-28(23(29)22(21)24)20-10-6-3-7-11-20/h2-11,16,18H,12-15,17H2,1H3. The van der Waals surface area contributed by atoms with Crippen LogP contribution in [0.15, 0.2) is 71.7 Å². The third-order valence-electron chi connectivity index (χ3n) is 5.57. The van der Waals surface area contributed by atoms with Gasteiger partial charge in [0.2, 0.25) is 0 Å². The van der Waals surface area contributed by atoms with Crippen molar-refractivity contribution in [3.05, 3.63) is 87.8 Å². The molecule has 0 saturated carbocycles. The van der Waals surface area contributed by atoms with E-state index in [2.05, 4.69) is 46.1 Å². The van der Waals surface area contributed by atoms with E-state index in [9.17, 15) is 4.79 Å². The molecule has 4 rings (SSSR count). The molecule has 0 bridgehead atoms. The summed E-state index contributed by atoms with van der Waals surface area (Å²) in [6.45, 7) is 5.77. The second kappa shape index (κ2) is 8.80. The maximum Gasteiger partial charge on any atom is 0.292 e. The van der Waals surface area contributed by atoms with E-state index in [0.717, 1.165) is 38.3 Å². The van der Waals surface area contributed by atoms with Crippen molar-refractivity contribution >= 4 is 17.3 Å². The maximum absolute atomic E-state index is 12.8. The van der Waals surface area contributed by atoms with Crippen LogP contribution in [0.4, 0.5) is 5.69 Å². The Morgan fingerprint density at radius 1 is 1.00 bits per heavy atom. The van der Waals surface area contributed by atoms with Gasteiger partial charge in [-0.05, 0) is 31.0 Å². The van der Waals surface area contributed by atoms with E-state index < -0.39 is 0 Å². The lowest BCUT2D eigenvalue weighted by Crippen LogP contribution is -2.34. The molecule has 1 aliphatic heterocycles. The van der Waals surface area contributed by atoms with Crippen LogP contribution in [0.2, 0.25) is 5.02 Å². The van der Waals surface area contributed by atoms with Crippen LogP contribution in [0.25, 0.3) is 5.69 Å². The molecule has 1 fully saturated rings. The SMILES string of the molecule is CC1CCN(c2cnn(-c3ccccc3)c(=O)c2Cl)CCN1Cc1ccccc1. The maximum atomic E-state index is 12.8. The third kappa shape index (κ3) is 4.36. The summed E-state index contributed by atoms with van der Waals surface area (Å²) >= 11 is 6.51. The molecule has 1 aromatic heterocycles. The van der Waals surface area contributed by atoms with E-state index in [-0.39, 0.29) is 10.6 Å². The van der Waals surface area contributed by atoms with Crippen molar-refractivity contribution in [1.82, 2.24) is 14.7 Å². The summed E-state index contributed by atoms with van der Waals surface area (Å²) < 4.78 is 1.36. The molecule has 29 heavy (non-hydrogen) atoms. The van der Waals surface area contributed by atoms with E-state index in [1.54, 1.807) is 6.20 Å². The van der Waals surface area contributed by atoms with Gasteiger partial charge in [-0.1, -0.05) is 60.1 Å². The van der Waals surface area contributed by atoms with Crippen molar-refractivity contribution in [2.75, 3.05) is 24.5 Å². The zero-order valence-electron chi connectivity index (χ0n) is 16.5. The molecule has 1 atom stereocenters. The Kier molecular flexibility index (Phi) is 5.97. The fourth-order valence-corrected chi connectivity index (χ4v) is 4.05. The van der Waals surface area contributed by atoms with Crippen LogP contribution >= 0.6 is 11.6 Å². The van der Waals surface area contributed by atoms with Gasteiger partial charge in [0.15, 0.2) is 0 Å². The van der Waals surface area contributed by atoms with Gasteiger partial charge in [0.1, 0.15) is 5.02 Å². The van der Waals surface area contributed by atoms with E-state index in [1.807, 2.05) is 36.4 Å². The molecule has 6 heteroatoms. The average molecular weight is 409 g/mol. The van der Waals surface area contributed by atoms with Gasteiger partial charge in [-0.25, -0.2) is 0 Å². The van der Waals surface area contributed by atoms with Crippen molar-refractivity contribution < 1.29 is 0 Å². The topological polar surface area (TPSA) is 41.4 Å². The first kappa shape index (κ1) is 19.7. The van der Waals surface area contributed by atoms with Crippen LogP contribution in [0.1, 0.15) is 18.9 Å². The van der Waals surface area contributed by atoms with Gasteiger partial charge in [0, 0.05) is 32.2 Å². The molecule has 1 unspecified atom stereocenters. The molecule has 3 aromatic rings. The summed E-state index contributed by atoms with van der Waals surface area (Å²) in [5.41, 5.74) is 2.47. The zero-order chi connectivity index (χ0) is 20.2. The number of para-hydroxylation sites is 1. The summed E-state index contributed by atoms with van der Waals surface area (Å²) in [4.78, 5) is 17.5. The molecule has 5 nitrogen and oxygen atoms in total. The van der Waals surface area contributed by atoms with Crippen molar-refractivity contribution in [2.24, 2.45) is 0 Å². The highest BCUT2D eigenvalue weighted by molar-refractivity contribution is 6.33. The zero-order valence-corrected chi connectivity index (χ0v) is 17.3. The van der Waals surface area contributed by atoms with Gasteiger partial charge >= 0.3 is 0 Å². The van der Waals surface area contributed by atoms with Crippen LogP contribution in [-0.2, 0) is 6.54 Å². The second-order valence-electron chi connectivity index (χ2n) is 7.48. The van der Waals surface area contributed by atoms with E-state index in [4.69, 9.17) is 11.6 Å². The van der Waals surface area contributed by atoms with E-state index in [0.29, 0.717) is 11.7 Å². The van der Waals surface area contributed by atoms with Gasteiger partial charge in [-0.2, -0.15) is 9.78 Å². The summed E-state index contributed by atoms with van der Waals surface area (Å²) in [6, 6.07) is 20.3. The number of hydrogen-bond acceptors (Lipinski definition) is 4. The lowest BCUT2D eigenvalue weighted by molar-refractivity contribution is 0.212. The van der Waals surface area contributed by atoms with Gasteiger partial charge in [-0.15, -0.1) is 0 Å². The normalized spacial score (nSPS) is 17.9. The Labute approximate surface area is 176 Å². The highest BCUT2D eigenvalue weighted by Crippen LogP contribution is 2.25. The summed E-state index contributed by atoms with van der Waals surface area (Å²) in [7, 11) is 0. The largest absolute Gasteiger partial charge is 0.368 e. The lowest BCUT2D eigenvalue weighted by Gasteiger charge is -2.26. The first-order valence-electron chi connectivity index (χ1n) is 9.99. The second-order valence-corrected chi connectivity index (χ2v) is 7.86. The number of halogens is 1. The predicted molar refractivity (Wildman–Crippen MR) is 118 cm³/mol. The number of nitrogens with zero attached hydrogens (tertiary/aromatic N) is 4. The molecule has 2 aromatic carbocycles. The highest BCUT2D eigenvalue weighted by atomic mass is 35.5. The van der Waals surface area contributed by atoms with Crippen LogP contribution < -0.4 is 10.5 Å². The predicted octanol–water partition coefficient (Wildman–Crippen LogP) is 3.99. The van der Waals surface area contributed by atoms with E-state index >= 15 is 0 Å². The van der Waals surface area contributed by atoms with E-state index in [1.165, 1.54) is 10.2 Å². The number of benzene rings is 2. The summed E-state index contributed by atoms with van der Waals surface area (Å²) in [5, 5.41) is 4.62. The van der Waals surface area contributed by atoms with Gasteiger partial charge in [0.05, 0.1) is 17.6 Å². The number of anilines is 1. The minimum atomic E-state index is -0.284. The van der Waals surface area contributed by atoms with Gasteiger partial charge in [0.25, 0.3) is 5.56 Å². The fourth-order valence-electron chi connectivity index (χ4n) is 3.80. The molecule has 0 aliphatic carbocycles. The van der Waals surface area contributed by atoms with Crippen molar-refractivity contribution in [3.63, 3.8) is 0 Å². The number of rotatable bonds is 4. The lowest BCUT2D eigenvalue weighted by atomic mass is 10.1. The fraction of sp³-hybridized carbons (Fsp3) is 0.304. The number of aromatic nitrogens is 2.